The highest BCUT2D eigenvalue weighted by molar-refractivity contribution is 6.42. The van der Waals surface area contributed by atoms with Gasteiger partial charge in [0.05, 0.1) is 23.6 Å². The van der Waals surface area contributed by atoms with E-state index in [9.17, 15) is 19.7 Å². The van der Waals surface area contributed by atoms with Crippen molar-refractivity contribution in [3.63, 3.8) is 0 Å². The van der Waals surface area contributed by atoms with Gasteiger partial charge in [0.25, 0.3) is 11.6 Å². The number of esters is 1. The van der Waals surface area contributed by atoms with Gasteiger partial charge < -0.3 is 4.74 Å². The molecule has 8 nitrogen and oxygen atoms in total. The van der Waals surface area contributed by atoms with Gasteiger partial charge in [-0.05, 0) is 13.0 Å². The molecule has 0 N–H and O–H groups in total. The second kappa shape index (κ2) is 5.47. The van der Waals surface area contributed by atoms with Gasteiger partial charge in [-0.1, -0.05) is 6.07 Å². The van der Waals surface area contributed by atoms with E-state index in [1.165, 1.54) is 24.3 Å². The molecule has 0 saturated carbocycles. The molecule has 0 aromatic heterocycles. The van der Waals surface area contributed by atoms with Crippen molar-refractivity contribution < 1.29 is 19.2 Å². The van der Waals surface area contributed by atoms with Gasteiger partial charge in [0.15, 0.2) is 5.71 Å². The van der Waals surface area contributed by atoms with Gasteiger partial charge in [-0.25, -0.2) is 4.79 Å². The summed E-state index contributed by atoms with van der Waals surface area (Å²) in [5.41, 5.74) is 0.0712. The van der Waals surface area contributed by atoms with Crippen LogP contribution < -0.4 is 5.01 Å². The molecule has 1 aliphatic heterocycles. The van der Waals surface area contributed by atoms with Gasteiger partial charge in [0, 0.05) is 12.1 Å². The molecule has 8 heteroatoms. The summed E-state index contributed by atoms with van der Waals surface area (Å²) in [6, 6.07) is 5.47. The average molecular weight is 277 g/mol. The van der Waals surface area contributed by atoms with Gasteiger partial charge in [-0.2, -0.15) is 10.1 Å². The topological polar surface area (TPSA) is 102 Å². The van der Waals surface area contributed by atoms with Crippen molar-refractivity contribution in [3.05, 3.63) is 34.4 Å². The molecule has 1 amide bonds. The fourth-order valence-electron chi connectivity index (χ4n) is 1.70. The van der Waals surface area contributed by atoms with Crippen molar-refractivity contribution in [2.24, 2.45) is 5.10 Å². The first-order valence-corrected chi connectivity index (χ1v) is 5.85. The van der Waals surface area contributed by atoms with Gasteiger partial charge in [0.1, 0.15) is 0 Å². The van der Waals surface area contributed by atoms with Crippen molar-refractivity contribution in [1.82, 2.24) is 0 Å². The molecule has 0 saturated heterocycles. The van der Waals surface area contributed by atoms with Crippen LogP contribution in [0.3, 0.4) is 0 Å². The molecule has 104 valence electrons. The van der Waals surface area contributed by atoms with Gasteiger partial charge in [-0.15, -0.1) is 0 Å². The van der Waals surface area contributed by atoms with E-state index in [-0.39, 0.29) is 30.1 Å². The molecule has 2 rings (SSSR count). The van der Waals surface area contributed by atoms with Crippen molar-refractivity contribution in [3.8, 4) is 0 Å². The van der Waals surface area contributed by atoms with E-state index in [0.717, 1.165) is 5.01 Å². The standard InChI is InChI=1S/C12H11N3O5/c1-2-20-12(17)10-7-11(16)14(13-10)8-4-3-5-9(6-8)15(18)19/h3-6H,2,7H2,1H3. The number of rotatable bonds is 4. The Morgan fingerprint density at radius 3 is 2.95 bits per heavy atom. The Morgan fingerprint density at radius 1 is 1.55 bits per heavy atom. The molecule has 0 spiro atoms. The summed E-state index contributed by atoms with van der Waals surface area (Å²) in [6.45, 7) is 1.83. The number of hydrogen-bond acceptors (Lipinski definition) is 6. The molecule has 1 heterocycles. The number of hydrazone groups is 1. The number of amides is 1. The maximum Gasteiger partial charge on any atom is 0.355 e. The first kappa shape index (κ1) is 13.7. The van der Waals surface area contributed by atoms with Gasteiger partial charge in [0.2, 0.25) is 0 Å². The minimum absolute atomic E-state index is 0.0108. The second-order valence-corrected chi connectivity index (χ2v) is 3.93. The molecule has 0 fully saturated rings. The van der Waals surface area contributed by atoms with E-state index in [1.54, 1.807) is 6.92 Å². The van der Waals surface area contributed by atoms with E-state index in [1.807, 2.05) is 0 Å². The van der Waals surface area contributed by atoms with Crippen LogP contribution in [0, 0.1) is 10.1 Å². The highest BCUT2D eigenvalue weighted by Gasteiger charge is 2.30. The summed E-state index contributed by atoms with van der Waals surface area (Å²) < 4.78 is 4.76. The summed E-state index contributed by atoms with van der Waals surface area (Å²) in [5.74, 6) is -1.10. The lowest BCUT2D eigenvalue weighted by Crippen LogP contribution is -2.19. The molecule has 0 aliphatic carbocycles. The summed E-state index contributed by atoms with van der Waals surface area (Å²) in [4.78, 5) is 33.4. The number of ether oxygens (including phenoxy) is 1. The highest BCUT2D eigenvalue weighted by Crippen LogP contribution is 2.24. The number of nitrogens with zero attached hydrogens (tertiary/aromatic N) is 3. The maximum atomic E-state index is 11.8. The van der Waals surface area contributed by atoms with E-state index in [2.05, 4.69) is 5.10 Å². The Balaban J connectivity index is 2.28. The van der Waals surface area contributed by atoms with Gasteiger partial charge in [-0.3, -0.25) is 14.9 Å². The smallest absolute Gasteiger partial charge is 0.355 e. The number of benzene rings is 1. The summed E-state index contributed by atoms with van der Waals surface area (Å²) >= 11 is 0. The average Bonchev–Trinajstić information content (AvgIpc) is 2.81. The monoisotopic (exact) mass is 277 g/mol. The molecule has 0 unspecified atom stereocenters. The fraction of sp³-hybridized carbons (Fsp3) is 0.250. The van der Waals surface area contributed by atoms with Crippen molar-refractivity contribution in [1.29, 1.82) is 0 Å². The van der Waals surface area contributed by atoms with Crippen LogP contribution in [0.4, 0.5) is 11.4 Å². The lowest BCUT2D eigenvalue weighted by atomic mass is 10.2. The normalized spacial score (nSPS) is 14.2. The Labute approximate surface area is 113 Å². The number of non-ortho nitro benzene ring substituents is 1. The Morgan fingerprint density at radius 2 is 2.30 bits per heavy atom. The number of hydrogen-bond donors (Lipinski definition) is 0. The third kappa shape index (κ3) is 2.63. The largest absolute Gasteiger partial charge is 0.461 e. The third-order valence-corrected chi connectivity index (χ3v) is 2.57. The van der Waals surface area contributed by atoms with Gasteiger partial charge >= 0.3 is 5.97 Å². The highest BCUT2D eigenvalue weighted by atomic mass is 16.6. The fourth-order valence-corrected chi connectivity index (χ4v) is 1.70. The SMILES string of the molecule is CCOC(=O)C1=NN(c2cccc([N+](=O)[O-])c2)C(=O)C1. The van der Waals surface area contributed by atoms with Crippen molar-refractivity contribution >= 4 is 29.0 Å². The van der Waals surface area contributed by atoms with Crippen molar-refractivity contribution in [2.75, 3.05) is 11.6 Å². The third-order valence-electron chi connectivity index (χ3n) is 2.57. The zero-order valence-electron chi connectivity index (χ0n) is 10.6. The van der Waals surface area contributed by atoms with Crippen LogP contribution in [0.25, 0.3) is 0 Å². The summed E-state index contributed by atoms with van der Waals surface area (Å²) in [5, 5.41) is 15.5. The van der Waals surface area contributed by atoms with E-state index < -0.39 is 16.8 Å². The van der Waals surface area contributed by atoms with Crippen LogP contribution in [0.1, 0.15) is 13.3 Å². The van der Waals surface area contributed by atoms with Crippen LogP contribution in [0.15, 0.2) is 29.4 Å². The van der Waals surface area contributed by atoms with E-state index >= 15 is 0 Å². The minimum atomic E-state index is -0.659. The first-order chi connectivity index (χ1) is 9.52. The summed E-state index contributed by atoms with van der Waals surface area (Å²) in [6.07, 6.45) is -0.179. The van der Waals surface area contributed by atoms with Crippen LogP contribution >= 0.6 is 0 Å². The van der Waals surface area contributed by atoms with E-state index in [0.29, 0.717) is 0 Å². The zero-order valence-corrected chi connectivity index (χ0v) is 10.6. The molecule has 0 radical (unpaired) electrons. The van der Waals surface area contributed by atoms with Crippen LogP contribution in [-0.4, -0.2) is 29.1 Å². The number of nitro benzene ring substituents is 1. The lowest BCUT2D eigenvalue weighted by molar-refractivity contribution is -0.384. The van der Waals surface area contributed by atoms with Crippen LogP contribution in [-0.2, 0) is 14.3 Å². The Kier molecular flexibility index (Phi) is 3.74. The molecule has 20 heavy (non-hydrogen) atoms. The number of anilines is 1. The predicted molar refractivity (Wildman–Crippen MR) is 69.3 cm³/mol. The quantitative estimate of drug-likeness (QED) is 0.468. The van der Waals surface area contributed by atoms with E-state index in [4.69, 9.17) is 4.74 Å². The number of nitro groups is 1. The molecular weight excluding hydrogens is 266 g/mol. The predicted octanol–water partition coefficient (Wildman–Crippen LogP) is 1.25. The van der Waals surface area contributed by atoms with Crippen molar-refractivity contribution in [2.45, 2.75) is 13.3 Å². The molecule has 1 aliphatic rings. The summed E-state index contributed by atoms with van der Waals surface area (Å²) in [7, 11) is 0. The van der Waals surface area contributed by atoms with Crippen LogP contribution in [0.2, 0.25) is 0 Å². The maximum absolute atomic E-state index is 11.8. The zero-order chi connectivity index (χ0) is 14.7. The first-order valence-electron chi connectivity index (χ1n) is 5.85. The molecule has 0 bridgehead atoms. The lowest BCUT2D eigenvalue weighted by Gasteiger charge is -2.10. The Bertz CT molecular complexity index is 611. The molecule has 0 atom stereocenters. The van der Waals surface area contributed by atoms with Crippen LogP contribution in [0.5, 0.6) is 0 Å². The minimum Gasteiger partial charge on any atom is -0.461 e. The molecule has 1 aromatic carbocycles. The second-order valence-electron chi connectivity index (χ2n) is 3.93. The Hall–Kier alpha value is -2.77. The molecular formula is C12H11N3O5. The number of carbonyl (C=O) groups excluding carboxylic acids is 2. The molecule has 1 aromatic rings. The number of carbonyl (C=O) groups is 2.